The van der Waals surface area contributed by atoms with E-state index < -0.39 is 36.8 Å². The Balaban J connectivity index is 1.52. The molecule has 0 fully saturated rings. The number of benzene rings is 2. The van der Waals surface area contributed by atoms with E-state index in [1.165, 1.54) is 0 Å². The molecule has 0 unspecified atom stereocenters. The van der Waals surface area contributed by atoms with Crippen LogP contribution in [-0.2, 0) is 32.0 Å². The monoisotopic (exact) mass is 380 g/mol. The normalized spacial score (nSPS) is 13.1. The topological polar surface area (TPSA) is 92.8 Å². The third kappa shape index (κ3) is 4.43. The van der Waals surface area contributed by atoms with Gasteiger partial charge in [-0.25, -0.2) is 0 Å². The first-order valence-corrected chi connectivity index (χ1v) is 8.95. The highest BCUT2D eigenvalue weighted by atomic mass is 16.5. The minimum Gasteiger partial charge on any atom is -0.454 e. The third-order valence-corrected chi connectivity index (χ3v) is 4.43. The number of nitrogens with one attached hydrogen (secondary N) is 1. The fraction of sp³-hybridized carbons (Fsp3) is 0.238. The van der Waals surface area contributed by atoms with E-state index in [0.29, 0.717) is 16.8 Å². The average Bonchev–Trinajstić information content (AvgIpc) is 2.70. The van der Waals surface area contributed by atoms with Crippen LogP contribution in [0.25, 0.3) is 0 Å². The molecule has 1 aliphatic heterocycles. The second-order valence-corrected chi connectivity index (χ2v) is 6.38. The molecule has 0 aromatic heterocycles. The van der Waals surface area contributed by atoms with Crippen LogP contribution < -0.4 is 5.32 Å². The molecule has 2 aromatic rings. The van der Waals surface area contributed by atoms with E-state index in [0.717, 1.165) is 16.9 Å². The van der Waals surface area contributed by atoms with Crippen molar-refractivity contribution in [2.45, 2.75) is 19.8 Å². The number of ether oxygens (including phenoxy) is 1. The van der Waals surface area contributed by atoms with Gasteiger partial charge in [-0.3, -0.25) is 24.1 Å². The van der Waals surface area contributed by atoms with E-state index in [-0.39, 0.29) is 6.42 Å². The summed E-state index contributed by atoms with van der Waals surface area (Å²) in [5.74, 6) is -2.33. The molecule has 7 heteroatoms. The Bertz CT molecular complexity index is 921. The van der Waals surface area contributed by atoms with Crippen LogP contribution in [-0.4, -0.2) is 41.7 Å². The van der Waals surface area contributed by atoms with Crippen LogP contribution in [0.3, 0.4) is 0 Å². The van der Waals surface area contributed by atoms with Gasteiger partial charge in [0.15, 0.2) is 6.61 Å². The Morgan fingerprint density at radius 1 is 1.07 bits per heavy atom. The molecule has 0 bridgehead atoms. The molecular formula is C21H20N2O5. The fourth-order valence-electron chi connectivity index (χ4n) is 2.90. The van der Waals surface area contributed by atoms with Crippen molar-refractivity contribution in [3.8, 4) is 0 Å². The summed E-state index contributed by atoms with van der Waals surface area (Å²) < 4.78 is 4.91. The number of hydrogen-bond donors (Lipinski definition) is 1. The van der Waals surface area contributed by atoms with Gasteiger partial charge >= 0.3 is 5.97 Å². The summed E-state index contributed by atoms with van der Waals surface area (Å²) in [5.41, 5.74) is 2.76. The van der Waals surface area contributed by atoms with Gasteiger partial charge in [0.05, 0.1) is 6.42 Å². The molecule has 0 saturated carbocycles. The maximum Gasteiger partial charge on any atom is 0.326 e. The van der Waals surface area contributed by atoms with Gasteiger partial charge < -0.3 is 10.1 Å². The molecule has 0 atom stereocenters. The molecule has 0 spiro atoms. The van der Waals surface area contributed by atoms with Gasteiger partial charge in [0.1, 0.15) is 6.54 Å². The van der Waals surface area contributed by atoms with Crippen molar-refractivity contribution in [2.24, 2.45) is 0 Å². The number of hydrogen-bond acceptors (Lipinski definition) is 5. The van der Waals surface area contributed by atoms with Gasteiger partial charge in [0.25, 0.3) is 11.8 Å². The summed E-state index contributed by atoms with van der Waals surface area (Å²) in [5, 5.41) is 2.62. The van der Waals surface area contributed by atoms with Gasteiger partial charge in [0.2, 0.25) is 5.91 Å². The molecule has 28 heavy (non-hydrogen) atoms. The Morgan fingerprint density at radius 3 is 2.50 bits per heavy atom. The van der Waals surface area contributed by atoms with Crippen LogP contribution in [0.4, 0.5) is 5.69 Å². The number of esters is 1. The standard InChI is InChI=1S/C21H20N2O5/c1-2-14-7-9-16(10-8-14)22-18(24)13-28-20(26)12-23-19(25)11-15-5-3-4-6-17(15)21(23)27/h3-10H,2,11-13H2,1H3,(H,22,24). The quantitative estimate of drug-likeness (QED) is 0.611. The number of imide groups is 1. The summed E-state index contributed by atoms with van der Waals surface area (Å²) in [4.78, 5) is 49.3. The molecule has 0 saturated heterocycles. The van der Waals surface area contributed by atoms with Crippen molar-refractivity contribution >= 4 is 29.4 Å². The van der Waals surface area contributed by atoms with Gasteiger partial charge in [-0.15, -0.1) is 0 Å². The summed E-state index contributed by atoms with van der Waals surface area (Å²) in [6, 6.07) is 14.1. The number of rotatable bonds is 6. The highest BCUT2D eigenvalue weighted by Crippen LogP contribution is 2.19. The van der Waals surface area contributed by atoms with Crippen molar-refractivity contribution in [3.63, 3.8) is 0 Å². The first-order chi connectivity index (χ1) is 13.5. The Kier molecular flexibility index (Phi) is 5.84. The summed E-state index contributed by atoms with van der Waals surface area (Å²) in [7, 11) is 0. The van der Waals surface area contributed by atoms with Crippen molar-refractivity contribution in [2.75, 3.05) is 18.5 Å². The highest BCUT2D eigenvalue weighted by molar-refractivity contribution is 6.11. The maximum absolute atomic E-state index is 12.4. The first-order valence-electron chi connectivity index (χ1n) is 8.95. The van der Waals surface area contributed by atoms with Crippen LogP contribution in [0.1, 0.15) is 28.4 Å². The van der Waals surface area contributed by atoms with Gasteiger partial charge in [-0.2, -0.15) is 0 Å². The second-order valence-electron chi connectivity index (χ2n) is 6.38. The van der Waals surface area contributed by atoms with Crippen LogP contribution in [0.15, 0.2) is 48.5 Å². The van der Waals surface area contributed by atoms with Crippen molar-refractivity contribution < 1.29 is 23.9 Å². The van der Waals surface area contributed by atoms with Crippen LogP contribution in [0, 0.1) is 0 Å². The molecule has 3 amide bonds. The molecule has 1 aliphatic rings. The molecule has 1 N–H and O–H groups in total. The van der Waals surface area contributed by atoms with Crippen molar-refractivity contribution in [3.05, 3.63) is 65.2 Å². The summed E-state index contributed by atoms with van der Waals surface area (Å²) >= 11 is 0. The second kappa shape index (κ2) is 8.47. The molecular weight excluding hydrogens is 360 g/mol. The molecule has 3 rings (SSSR count). The molecule has 2 aromatic carbocycles. The average molecular weight is 380 g/mol. The van der Waals surface area contributed by atoms with Gasteiger partial charge in [0, 0.05) is 11.3 Å². The summed E-state index contributed by atoms with van der Waals surface area (Å²) in [6.45, 7) is 1.01. The van der Waals surface area contributed by atoms with E-state index in [4.69, 9.17) is 4.74 Å². The Labute approximate surface area is 162 Å². The number of fused-ring (bicyclic) bond motifs is 1. The lowest BCUT2D eigenvalue weighted by Crippen LogP contribution is -2.45. The lowest BCUT2D eigenvalue weighted by Gasteiger charge is -2.25. The fourth-order valence-corrected chi connectivity index (χ4v) is 2.90. The highest BCUT2D eigenvalue weighted by Gasteiger charge is 2.32. The number of carbonyl (C=O) groups is 4. The SMILES string of the molecule is CCc1ccc(NC(=O)COC(=O)CN2C(=O)Cc3ccccc3C2=O)cc1. The lowest BCUT2D eigenvalue weighted by molar-refractivity contribution is -0.150. The molecule has 7 nitrogen and oxygen atoms in total. The number of carbonyl (C=O) groups excluding carboxylic acids is 4. The van der Waals surface area contributed by atoms with Crippen LogP contribution >= 0.6 is 0 Å². The molecule has 144 valence electrons. The third-order valence-electron chi connectivity index (χ3n) is 4.43. The number of aryl methyl sites for hydroxylation is 1. The number of nitrogens with zero attached hydrogens (tertiary/aromatic N) is 1. The predicted octanol–water partition coefficient (Wildman–Crippen LogP) is 1.96. The predicted molar refractivity (Wildman–Crippen MR) is 102 cm³/mol. The van der Waals surface area contributed by atoms with E-state index in [9.17, 15) is 19.2 Å². The lowest BCUT2D eigenvalue weighted by atomic mass is 9.98. The molecule has 1 heterocycles. The largest absolute Gasteiger partial charge is 0.454 e. The zero-order valence-corrected chi connectivity index (χ0v) is 15.4. The molecule has 0 aliphatic carbocycles. The smallest absolute Gasteiger partial charge is 0.326 e. The number of anilines is 1. The summed E-state index contributed by atoms with van der Waals surface area (Å²) in [6.07, 6.45) is 0.938. The maximum atomic E-state index is 12.4. The van der Waals surface area contributed by atoms with Gasteiger partial charge in [-0.1, -0.05) is 37.3 Å². The van der Waals surface area contributed by atoms with E-state index in [1.54, 1.807) is 36.4 Å². The number of amides is 3. The Hall–Kier alpha value is -3.48. The van der Waals surface area contributed by atoms with Crippen LogP contribution in [0.5, 0.6) is 0 Å². The first kappa shape index (κ1) is 19.3. The zero-order chi connectivity index (χ0) is 20.1. The van der Waals surface area contributed by atoms with Crippen LogP contribution in [0.2, 0.25) is 0 Å². The minimum absolute atomic E-state index is 0.0451. The van der Waals surface area contributed by atoms with Crippen molar-refractivity contribution in [1.82, 2.24) is 4.90 Å². The van der Waals surface area contributed by atoms with Crippen molar-refractivity contribution in [1.29, 1.82) is 0 Å². The Morgan fingerprint density at radius 2 is 1.79 bits per heavy atom. The van der Waals surface area contributed by atoms with E-state index in [1.807, 2.05) is 19.1 Å². The van der Waals surface area contributed by atoms with E-state index >= 15 is 0 Å². The van der Waals surface area contributed by atoms with Gasteiger partial charge in [-0.05, 0) is 35.7 Å². The zero-order valence-electron chi connectivity index (χ0n) is 15.4. The minimum atomic E-state index is -0.822. The van der Waals surface area contributed by atoms with E-state index in [2.05, 4.69) is 5.32 Å². The molecule has 0 radical (unpaired) electrons.